The zero-order valence-electron chi connectivity index (χ0n) is 10.7. The maximum absolute atomic E-state index is 5.66. The van der Waals surface area contributed by atoms with Gasteiger partial charge in [-0.05, 0) is 19.4 Å². The van der Waals surface area contributed by atoms with E-state index in [0.717, 1.165) is 30.2 Å². The minimum absolute atomic E-state index is 0.323. The fraction of sp³-hybridized carbons (Fsp3) is 0.571. The van der Waals surface area contributed by atoms with Gasteiger partial charge in [0, 0.05) is 30.7 Å². The Morgan fingerprint density at radius 1 is 1.33 bits per heavy atom. The number of nitrogens with one attached hydrogen (secondary N) is 1. The van der Waals surface area contributed by atoms with Crippen LogP contribution in [0.3, 0.4) is 0 Å². The first-order valence-corrected chi connectivity index (χ1v) is 6.51. The lowest BCUT2D eigenvalue weighted by Crippen LogP contribution is -2.28. The van der Waals surface area contributed by atoms with Gasteiger partial charge >= 0.3 is 0 Å². The van der Waals surface area contributed by atoms with Gasteiger partial charge < -0.3 is 19.5 Å². The molecule has 1 N–H and O–H groups in total. The number of piperidine rings is 1. The van der Waals surface area contributed by atoms with Crippen molar-refractivity contribution in [1.29, 1.82) is 0 Å². The average molecular weight is 249 g/mol. The molecule has 2 aliphatic rings. The molecule has 0 spiro atoms. The first kappa shape index (κ1) is 11.8. The Kier molecular flexibility index (Phi) is 3.39. The molecular weight excluding hydrogens is 230 g/mol. The largest absolute Gasteiger partial charge is 0.453 e. The molecule has 0 radical (unpaired) electrons. The molecule has 1 aromatic rings. The molecule has 0 aromatic heterocycles. The normalized spacial score (nSPS) is 22.2. The van der Waals surface area contributed by atoms with Crippen LogP contribution in [0.2, 0.25) is 0 Å². The Bertz CT molecular complexity index is 427. The van der Waals surface area contributed by atoms with E-state index in [4.69, 9.17) is 14.2 Å². The molecule has 0 bridgehead atoms. The highest BCUT2D eigenvalue weighted by Crippen LogP contribution is 2.43. The summed E-state index contributed by atoms with van der Waals surface area (Å²) >= 11 is 0. The van der Waals surface area contributed by atoms with E-state index >= 15 is 0 Å². The molecule has 1 atom stereocenters. The molecule has 1 aromatic carbocycles. The van der Waals surface area contributed by atoms with Crippen molar-refractivity contribution in [2.75, 3.05) is 27.0 Å². The van der Waals surface area contributed by atoms with E-state index in [2.05, 4.69) is 17.4 Å². The van der Waals surface area contributed by atoms with Gasteiger partial charge in [0.2, 0.25) is 6.79 Å². The Morgan fingerprint density at radius 2 is 2.22 bits per heavy atom. The molecule has 2 heterocycles. The first-order valence-electron chi connectivity index (χ1n) is 6.51. The summed E-state index contributed by atoms with van der Waals surface area (Å²) in [6.07, 6.45) is 2.44. The highest BCUT2D eigenvalue weighted by atomic mass is 16.7. The smallest absolute Gasteiger partial charge is 0.231 e. The zero-order chi connectivity index (χ0) is 12.4. The van der Waals surface area contributed by atoms with E-state index in [9.17, 15) is 0 Å². The summed E-state index contributed by atoms with van der Waals surface area (Å²) in [5.74, 6) is 2.34. The second-order valence-electron chi connectivity index (χ2n) is 4.85. The third kappa shape index (κ3) is 2.06. The van der Waals surface area contributed by atoms with E-state index in [-0.39, 0.29) is 0 Å². The maximum atomic E-state index is 5.66. The van der Waals surface area contributed by atoms with Gasteiger partial charge in [-0.3, -0.25) is 0 Å². The minimum atomic E-state index is 0.323. The standard InChI is InChI=1S/C14H19NO3/c1-16-8-11-4-5-12(10-3-2-6-15-7-10)14-13(11)17-9-18-14/h4-5,10,15H,2-3,6-9H2,1H3. The van der Waals surface area contributed by atoms with Crippen LogP contribution >= 0.6 is 0 Å². The van der Waals surface area contributed by atoms with Crippen LogP contribution < -0.4 is 14.8 Å². The highest BCUT2D eigenvalue weighted by Gasteiger charge is 2.26. The Labute approximate surface area is 107 Å². The number of fused-ring (bicyclic) bond motifs is 1. The lowest BCUT2D eigenvalue weighted by Gasteiger charge is -2.24. The topological polar surface area (TPSA) is 39.7 Å². The van der Waals surface area contributed by atoms with Crippen LogP contribution in [0.4, 0.5) is 0 Å². The van der Waals surface area contributed by atoms with Gasteiger partial charge in [0.1, 0.15) is 0 Å². The van der Waals surface area contributed by atoms with Crippen molar-refractivity contribution in [3.8, 4) is 11.5 Å². The molecule has 2 aliphatic heterocycles. The molecule has 4 nitrogen and oxygen atoms in total. The van der Waals surface area contributed by atoms with Crippen LogP contribution in [0.15, 0.2) is 12.1 Å². The van der Waals surface area contributed by atoms with E-state index in [1.165, 1.54) is 18.4 Å². The quantitative estimate of drug-likeness (QED) is 0.889. The molecular formula is C14H19NO3. The highest BCUT2D eigenvalue weighted by molar-refractivity contribution is 5.54. The summed E-state index contributed by atoms with van der Waals surface area (Å²) in [4.78, 5) is 0. The lowest BCUT2D eigenvalue weighted by molar-refractivity contribution is 0.162. The fourth-order valence-electron chi connectivity index (χ4n) is 2.78. The molecule has 18 heavy (non-hydrogen) atoms. The van der Waals surface area contributed by atoms with Gasteiger partial charge in [-0.15, -0.1) is 0 Å². The Hall–Kier alpha value is -1.26. The second kappa shape index (κ2) is 5.16. The van der Waals surface area contributed by atoms with Crippen LogP contribution in [0.1, 0.15) is 29.9 Å². The number of ether oxygens (including phenoxy) is 3. The van der Waals surface area contributed by atoms with E-state index < -0.39 is 0 Å². The second-order valence-corrected chi connectivity index (χ2v) is 4.85. The molecule has 0 amide bonds. The van der Waals surface area contributed by atoms with Crippen LogP contribution in [-0.4, -0.2) is 27.0 Å². The number of hydrogen-bond donors (Lipinski definition) is 1. The predicted octanol–water partition coefficient (Wildman–Crippen LogP) is 2.03. The summed E-state index contributed by atoms with van der Waals surface area (Å²) in [5.41, 5.74) is 2.34. The Morgan fingerprint density at radius 3 is 3.00 bits per heavy atom. The number of rotatable bonds is 3. The van der Waals surface area contributed by atoms with Crippen molar-refractivity contribution in [2.24, 2.45) is 0 Å². The van der Waals surface area contributed by atoms with Gasteiger partial charge in [0.05, 0.1) is 6.61 Å². The van der Waals surface area contributed by atoms with Crippen molar-refractivity contribution in [2.45, 2.75) is 25.4 Å². The average Bonchev–Trinajstić information content (AvgIpc) is 2.90. The van der Waals surface area contributed by atoms with Crippen LogP contribution in [-0.2, 0) is 11.3 Å². The summed E-state index contributed by atoms with van der Waals surface area (Å²) in [7, 11) is 1.70. The third-order valence-electron chi connectivity index (χ3n) is 3.67. The van der Waals surface area contributed by atoms with E-state index in [1.807, 2.05) is 0 Å². The molecule has 1 fully saturated rings. The molecule has 0 aliphatic carbocycles. The summed E-state index contributed by atoms with van der Waals surface area (Å²) in [6, 6.07) is 4.26. The van der Waals surface area contributed by atoms with Crippen LogP contribution in [0.5, 0.6) is 11.5 Å². The minimum Gasteiger partial charge on any atom is -0.453 e. The number of hydrogen-bond acceptors (Lipinski definition) is 4. The zero-order valence-corrected chi connectivity index (χ0v) is 10.7. The molecule has 98 valence electrons. The van der Waals surface area contributed by atoms with Crippen molar-refractivity contribution in [3.05, 3.63) is 23.3 Å². The van der Waals surface area contributed by atoms with Crippen molar-refractivity contribution in [1.82, 2.24) is 5.32 Å². The lowest BCUT2D eigenvalue weighted by atomic mass is 9.90. The number of methoxy groups -OCH3 is 1. The molecule has 1 saturated heterocycles. The maximum Gasteiger partial charge on any atom is 0.231 e. The first-order chi connectivity index (χ1) is 8.90. The summed E-state index contributed by atoms with van der Waals surface area (Å²) < 4.78 is 16.4. The van der Waals surface area contributed by atoms with Gasteiger partial charge in [-0.2, -0.15) is 0 Å². The Balaban J connectivity index is 1.93. The van der Waals surface area contributed by atoms with E-state index in [0.29, 0.717) is 19.3 Å². The van der Waals surface area contributed by atoms with Gasteiger partial charge in [-0.25, -0.2) is 0 Å². The van der Waals surface area contributed by atoms with E-state index in [1.54, 1.807) is 7.11 Å². The predicted molar refractivity (Wildman–Crippen MR) is 68.1 cm³/mol. The number of benzene rings is 1. The van der Waals surface area contributed by atoms with Crippen molar-refractivity contribution < 1.29 is 14.2 Å². The molecule has 4 heteroatoms. The summed E-state index contributed by atoms with van der Waals surface area (Å²) in [5, 5.41) is 3.44. The molecule has 0 saturated carbocycles. The van der Waals surface area contributed by atoms with Crippen molar-refractivity contribution in [3.63, 3.8) is 0 Å². The molecule has 3 rings (SSSR count). The molecule has 1 unspecified atom stereocenters. The third-order valence-corrected chi connectivity index (χ3v) is 3.67. The fourth-order valence-corrected chi connectivity index (χ4v) is 2.78. The van der Waals surface area contributed by atoms with Gasteiger partial charge in [-0.1, -0.05) is 12.1 Å². The van der Waals surface area contributed by atoms with Crippen LogP contribution in [0.25, 0.3) is 0 Å². The van der Waals surface area contributed by atoms with Gasteiger partial charge in [0.15, 0.2) is 11.5 Å². The van der Waals surface area contributed by atoms with Crippen molar-refractivity contribution >= 4 is 0 Å². The van der Waals surface area contributed by atoms with Crippen LogP contribution in [0, 0.1) is 0 Å². The summed E-state index contributed by atoms with van der Waals surface area (Å²) in [6.45, 7) is 3.04. The SMILES string of the molecule is COCc1ccc(C2CCCNC2)c2c1OCO2. The monoisotopic (exact) mass is 249 g/mol. The van der Waals surface area contributed by atoms with Gasteiger partial charge in [0.25, 0.3) is 0 Å².